The third-order valence-corrected chi connectivity index (χ3v) is 8.18. The van der Waals surface area contributed by atoms with Crippen LogP contribution in [-0.2, 0) is 19.6 Å². The van der Waals surface area contributed by atoms with Crippen LogP contribution in [0, 0.1) is 11.8 Å². The van der Waals surface area contributed by atoms with Crippen LogP contribution in [0.2, 0.25) is 0 Å². The van der Waals surface area contributed by atoms with Gasteiger partial charge in [0.05, 0.1) is 10.5 Å². The van der Waals surface area contributed by atoms with Gasteiger partial charge in [0.15, 0.2) is 0 Å². The topological polar surface area (TPSA) is 75.7 Å². The molecule has 1 N–H and O–H groups in total. The van der Waals surface area contributed by atoms with Crippen molar-refractivity contribution < 1.29 is 17.9 Å². The second kappa shape index (κ2) is 7.18. The third kappa shape index (κ3) is 3.77. The Morgan fingerprint density at radius 2 is 1.96 bits per heavy atom. The Bertz CT molecular complexity index is 793. The van der Waals surface area contributed by atoms with Crippen molar-refractivity contribution in [3.63, 3.8) is 0 Å². The molecule has 2 aliphatic heterocycles. The van der Waals surface area contributed by atoms with Gasteiger partial charge in [0, 0.05) is 19.6 Å². The summed E-state index contributed by atoms with van der Waals surface area (Å²) in [7, 11) is -3.48. The second-order valence-corrected chi connectivity index (χ2v) is 10.2. The zero-order valence-electron chi connectivity index (χ0n) is 15.8. The normalized spacial score (nSPS) is 31.9. The molecule has 1 aliphatic carbocycles. The SMILES string of the molecule is CC1CN(S(=O)(=O)c2ccccc2)CCC12CCC(C(=O)NCC1CC1)O2. The minimum absolute atomic E-state index is 0.00897. The molecular weight excluding hydrogens is 364 g/mol. The van der Waals surface area contributed by atoms with E-state index in [1.165, 1.54) is 12.8 Å². The van der Waals surface area contributed by atoms with E-state index >= 15 is 0 Å². The number of carbonyl (C=O) groups excluding carboxylic acids is 1. The molecule has 148 valence electrons. The highest BCUT2D eigenvalue weighted by Gasteiger charge is 2.50. The van der Waals surface area contributed by atoms with Crippen molar-refractivity contribution >= 4 is 15.9 Å². The largest absolute Gasteiger partial charge is 0.362 e. The third-order valence-electron chi connectivity index (χ3n) is 6.30. The Labute approximate surface area is 161 Å². The molecule has 3 aliphatic rings. The van der Waals surface area contributed by atoms with Crippen LogP contribution in [0.15, 0.2) is 35.2 Å². The smallest absolute Gasteiger partial charge is 0.249 e. The lowest BCUT2D eigenvalue weighted by molar-refractivity contribution is -0.145. The molecule has 6 nitrogen and oxygen atoms in total. The fourth-order valence-corrected chi connectivity index (χ4v) is 5.82. The van der Waals surface area contributed by atoms with Gasteiger partial charge in [0.25, 0.3) is 0 Å². The van der Waals surface area contributed by atoms with Crippen LogP contribution in [0.1, 0.15) is 39.0 Å². The summed E-state index contributed by atoms with van der Waals surface area (Å²) >= 11 is 0. The van der Waals surface area contributed by atoms with Crippen LogP contribution in [0.3, 0.4) is 0 Å². The Balaban J connectivity index is 1.39. The van der Waals surface area contributed by atoms with Crippen LogP contribution in [0.5, 0.6) is 0 Å². The molecule has 4 rings (SSSR count). The first-order valence-electron chi connectivity index (χ1n) is 9.91. The van der Waals surface area contributed by atoms with Gasteiger partial charge < -0.3 is 10.1 Å². The average Bonchev–Trinajstić information content (AvgIpc) is 3.41. The second-order valence-electron chi connectivity index (χ2n) is 8.23. The summed E-state index contributed by atoms with van der Waals surface area (Å²) in [6, 6.07) is 8.57. The summed E-state index contributed by atoms with van der Waals surface area (Å²) < 4.78 is 33.6. The highest BCUT2D eigenvalue weighted by atomic mass is 32.2. The van der Waals surface area contributed by atoms with Crippen molar-refractivity contribution in [1.29, 1.82) is 0 Å². The van der Waals surface area contributed by atoms with Gasteiger partial charge >= 0.3 is 0 Å². The predicted molar refractivity (Wildman–Crippen MR) is 102 cm³/mol. The molecule has 2 saturated heterocycles. The number of ether oxygens (including phenoxy) is 1. The molecule has 0 bridgehead atoms. The molecule has 3 unspecified atom stereocenters. The molecule has 3 fully saturated rings. The summed E-state index contributed by atoms with van der Waals surface area (Å²) in [6.45, 7) is 3.65. The number of sulfonamides is 1. The molecule has 0 radical (unpaired) electrons. The number of hydrogen-bond donors (Lipinski definition) is 1. The summed E-state index contributed by atoms with van der Waals surface area (Å²) in [4.78, 5) is 12.7. The highest BCUT2D eigenvalue weighted by Crippen LogP contribution is 2.43. The van der Waals surface area contributed by atoms with E-state index in [0.717, 1.165) is 13.0 Å². The van der Waals surface area contributed by atoms with Gasteiger partial charge in [0.1, 0.15) is 6.10 Å². The van der Waals surface area contributed by atoms with Crippen molar-refractivity contribution in [2.24, 2.45) is 11.8 Å². The maximum Gasteiger partial charge on any atom is 0.249 e. The van der Waals surface area contributed by atoms with Crippen molar-refractivity contribution in [3.05, 3.63) is 30.3 Å². The fourth-order valence-electron chi connectivity index (χ4n) is 4.27. The molecule has 1 amide bonds. The summed E-state index contributed by atoms with van der Waals surface area (Å²) in [5.74, 6) is 0.686. The Morgan fingerprint density at radius 1 is 1.22 bits per heavy atom. The Kier molecular flexibility index (Phi) is 5.03. The molecule has 1 aromatic rings. The van der Waals surface area contributed by atoms with Gasteiger partial charge in [0.2, 0.25) is 15.9 Å². The van der Waals surface area contributed by atoms with Crippen LogP contribution in [-0.4, -0.2) is 50.0 Å². The molecule has 1 spiro atoms. The molecular formula is C20H28N2O4S. The summed E-state index contributed by atoms with van der Waals surface area (Å²) in [6.07, 6.45) is 4.17. The maximum absolute atomic E-state index is 12.9. The molecule has 1 saturated carbocycles. The number of carbonyl (C=O) groups is 1. The van der Waals surface area contributed by atoms with Gasteiger partial charge in [-0.25, -0.2) is 8.42 Å². The molecule has 3 atom stereocenters. The van der Waals surface area contributed by atoms with Gasteiger partial charge in [-0.15, -0.1) is 0 Å². The Hall–Kier alpha value is -1.44. The van der Waals surface area contributed by atoms with Crippen molar-refractivity contribution in [2.45, 2.75) is 55.6 Å². The van der Waals surface area contributed by atoms with Gasteiger partial charge in [-0.3, -0.25) is 4.79 Å². The first-order chi connectivity index (χ1) is 12.9. The first kappa shape index (κ1) is 18.9. The van der Waals surface area contributed by atoms with E-state index in [9.17, 15) is 13.2 Å². The molecule has 7 heteroatoms. The predicted octanol–water partition coefficient (Wildman–Crippen LogP) is 2.16. The zero-order chi connectivity index (χ0) is 19.1. The van der Waals surface area contributed by atoms with Crippen LogP contribution in [0.4, 0.5) is 0 Å². The van der Waals surface area contributed by atoms with Crippen LogP contribution < -0.4 is 5.32 Å². The number of nitrogens with one attached hydrogen (secondary N) is 1. The maximum atomic E-state index is 12.9. The van der Waals surface area contributed by atoms with Gasteiger partial charge in [-0.05, 0) is 56.1 Å². The first-order valence-corrected chi connectivity index (χ1v) is 11.4. The minimum atomic E-state index is -3.48. The molecule has 27 heavy (non-hydrogen) atoms. The quantitative estimate of drug-likeness (QED) is 0.833. The van der Waals surface area contributed by atoms with E-state index in [2.05, 4.69) is 5.32 Å². The number of nitrogens with zero attached hydrogens (tertiary/aromatic N) is 1. The van der Waals surface area contributed by atoms with Gasteiger partial charge in [-0.1, -0.05) is 25.1 Å². The standard InChI is InChI=1S/C20H28N2O4S/c1-15-14-22(27(24,25)17-5-3-2-4-6-17)12-11-20(15)10-9-18(26-20)19(23)21-13-16-7-8-16/h2-6,15-16,18H,7-14H2,1H3,(H,21,23). The number of piperidine rings is 1. The van der Waals surface area contributed by atoms with E-state index in [4.69, 9.17) is 4.74 Å². The molecule has 2 heterocycles. The van der Waals surface area contributed by atoms with E-state index in [-0.39, 0.29) is 17.4 Å². The minimum Gasteiger partial charge on any atom is -0.362 e. The fraction of sp³-hybridized carbons (Fsp3) is 0.650. The van der Waals surface area contributed by atoms with Crippen molar-refractivity contribution in [1.82, 2.24) is 9.62 Å². The lowest BCUT2D eigenvalue weighted by Crippen LogP contribution is -2.53. The van der Waals surface area contributed by atoms with Crippen molar-refractivity contribution in [2.75, 3.05) is 19.6 Å². The lowest BCUT2D eigenvalue weighted by Gasteiger charge is -2.43. The van der Waals surface area contributed by atoms with Crippen LogP contribution >= 0.6 is 0 Å². The van der Waals surface area contributed by atoms with Crippen LogP contribution in [0.25, 0.3) is 0 Å². The lowest BCUT2D eigenvalue weighted by atomic mass is 9.81. The molecule has 1 aromatic carbocycles. The number of amides is 1. The zero-order valence-corrected chi connectivity index (χ0v) is 16.6. The van der Waals surface area contributed by atoms with Gasteiger partial charge in [-0.2, -0.15) is 4.31 Å². The monoisotopic (exact) mass is 392 g/mol. The average molecular weight is 393 g/mol. The summed E-state index contributed by atoms with van der Waals surface area (Å²) in [5.41, 5.74) is -0.385. The van der Waals surface area contributed by atoms with E-state index in [1.54, 1.807) is 28.6 Å². The van der Waals surface area contributed by atoms with E-state index in [0.29, 0.717) is 36.7 Å². The van der Waals surface area contributed by atoms with Crippen molar-refractivity contribution in [3.8, 4) is 0 Å². The van der Waals surface area contributed by atoms with E-state index < -0.39 is 16.1 Å². The summed E-state index contributed by atoms with van der Waals surface area (Å²) in [5, 5.41) is 3.01. The Morgan fingerprint density at radius 3 is 2.63 bits per heavy atom. The van der Waals surface area contributed by atoms with E-state index in [1.807, 2.05) is 13.0 Å². The number of benzene rings is 1. The highest BCUT2D eigenvalue weighted by molar-refractivity contribution is 7.89. The molecule has 0 aromatic heterocycles. The number of hydrogen-bond acceptors (Lipinski definition) is 4. The number of rotatable bonds is 5.